The van der Waals surface area contributed by atoms with Gasteiger partial charge in [0.25, 0.3) is 0 Å². The molecule has 0 bridgehead atoms. The molecule has 1 aliphatic rings. The predicted molar refractivity (Wildman–Crippen MR) is 99.7 cm³/mol. The van der Waals surface area contributed by atoms with Gasteiger partial charge in [-0.05, 0) is 88.2 Å². The lowest BCUT2D eigenvalue weighted by Gasteiger charge is -2.20. The number of thiocarbonyl (C=S) groups is 1. The lowest BCUT2D eigenvalue weighted by molar-refractivity contribution is 0.282. The third-order valence-corrected chi connectivity index (χ3v) is 4.65. The fourth-order valence-corrected chi connectivity index (χ4v) is 3.08. The highest BCUT2D eigenvalue weighted by atomic mass is 32.1. The van der Waals surface area contributed by atoms with Crippen molar-refractivity contribution in [3.05, 3.63) is 29.3 Å². The van der Waals surface area contributed by atoms with Crippen molar-refractivity contribution >= 4 is 23.0 Å². The topological polar surface area (TPSA) is 27.3 Å². The summed E-state index contributed by atoms with van der Waals surface area (Å²) < 4.78 is 0. The molecule has 2 rings (SSSR count). The normalized spacial score (nSPS) is 16.1. The number of benzene rings is 1. The summed E-state index contributed by atoms with van der Waals surface area (Å²) in [5.41, 5.74) is 3.66. The average Bonchev–Trinajstić information content (AvgIpc) is 2.76. The number of nitrogens with zero attached hydrogens (tertiary/aromatic N) is 1. The number of likely N-dealkylation sites (tertiary alicyclic amines) is 1. The molecular formula is C18H29N3S. The molecule has 1 aromatic carbocycles. The molecule has 0 aliphatic carbocycles. The summed E-state index contributed by atoms with van der Waals surface area (Å²) in [6.07, 6.45) is 6.67. The summed E-state index contributed by atoms with van der Waals surface area (Å²) in [6.45, 7) is 8.90. The lowest BCUT2D eigenvalue weighted by Crippen LogP contribution is -2.32. The van der Waals surface area contributed by atoms with Crippen molar-refractivity contribution in [3.8, 4) is 0 Å². The Morgan fingerprint density at radius 1 is 1.09 bits per heavy atom. The zero-order chi connectivity index (χ0) is 15.8. The number of anilines is 1. The van der Waals surface area contributed by atoms with Crippen molar-refractivity contribution in [2.24, 2.45) is 0 Å². The van der Waals surface area contributed by atoms with Crippen LogP contribution < -0.4 is 10.6 Å². The Labute approximate surface area is 140 Å². The highest BCUT2D eigenvalue weighted by Gasteiger charge is 2.08. The molecule has 0 spiro atoms. The molecule has 22 heavy (non-hydrogen) atoms. The minimum Gasteiger partial charge on any atom is -0.362 e. The first-order valence-corrected chi connectivity index (χ1v) is 8.90. The SMILES string of the molecule is Cc1ccc(NC(=S)NCCCN2CCCCCC2)cc1C. The zero-order valence-electron chi connectivity index (χ0n) is 14.0. The third kappa shape index (κ3) is 5.93. The van der Waals surface area contributed by atoms with E-state index < -0.39 is 0 Å². The van der Waals surface area contributed by atoms with Gasteiger partial charge in [0, 0.05) is 12.2 Å². The van der Waals surface area contributed by atoms with Gasteiger partial charge in [0.05, 0.1) is 0 Å². The Bertz CT molecular complexity index is 479. The standard InChI is InChI=1S/C18H29N3S/c1-15-8-9-17(14-16(15)2)20-18(22)19-10-7-13-21-11-5-3-4-6-12-21/h8-9,14H,3-7,10-13H2,1-2H3,(H2,19,20,22). The second kappa shape index (κ2) is 9.11. The first-order chi connectivity index (χ1) is 10.6. The van der Waals surface area contributed by atoms with Gasteiger partial charge in [0.15, 0.2) is 5.11 Å². The molecule has 0 unspecified atom stereocenters. The summed E-state index contributed by atoms with van der Waals surface area (Å²) in [7, 11) is 0. The fraction of sp³-hybridized carbons (Fsp3) is 0.611. The smallest absolute Gasteiger partial charge is 0.170 e. The van der Waals surface area contributed by atoms with E-state index in [0.717, 1.165) is 23.8 Å². The molecule has 1 heterocycles. The quantitative estimate of drug-likeness (QED) is 0.637. The number of aryl methyl sites for hydroxylation is 2. The number of hydrogen-bond donors (Lipinski definition) is 2. The van der Waals surface area contributed by atoms with E-state index in [-0.39, 0.29) is 0 Å². The van der Waals surface area contributed by atoms with E-state index in [1.165, 1.54) is 56.4 Å². The van der Waals surface area contributed by atoms with Crippen molar-refractivity contribution in [1.82, 2.24) is 10.2 Å². The largest absolute Gasteiger partial charge is 0.362 e. The Morgan fingerprint density at radius 3 is 2.50 bits per heavy atom. The van der Waals surface area contributed by atoms with E-state index in [1.807, 2.05) is 0 Å². The van der Waals surface area contributed by atoms with Crippen LogP contribution in [0.3, 0.4) is 0 Å². The Hall–Kier alpha value is -1.13. The van der Waals surface area contributed by atoms with Crippen molar-refractivity contribution in [1.29, 1.82) is 0 Å². The van der Waals surface area contributed by atoms with Gasteiger partial charge in [0.2, 0.25) is 0 Å². The van der Waals surface area contributed by atoms with Crippen LogP contribution in [0.5, 0.6) is 0 Å². The van der Waals surface area contributed by atoms with Gasteiger partial charge < -0.3 is 15.5 Å². The molecule has 1 aromatic rings. The van der Waals surface area contributed by atoms with Gasteiger partial charge in [-0.1, -0.05) is 18.9 Å². The predicted octanol–water partition coefficient (Wildman–Crippen LogP) is 3.86. The number of rotatable bonds is 5. The second-order valence-corrected chi connectivity index (χ2v) is 6.70. The summed E-state index contributed by atoms with van der Waals surface area (Å²) >= 11 is 5.37. The first-order valence-electron chi connectivity index (χ1n) is 8.49. The van der Waals surface area contributed by atoms with Gasteiger partial charge in [-0.15, -0.1) is 0 Å². The van der Waals surface area contributed by atoms with E-state index in [1.54, 1.807) is 0 Å². The molecule has 0 saturated carbocycles. The molecule has 1 saturated heterocycles. The Morgan fingerprint density at radius 2 is 1.82 bits per heavy atom. The molecule has 2 N–H and O–H groups in total. The van der Waals surface area contributed by atoms with Crippen LogP contribution in [-0.2, 0) is 0 Å². The highest BCUT2D eigenvalue weighted by molar-refractivity contribution is 7.80. The molecule has 4 heteroatoms. The summed E-state index contributed by atoms with van der Waals surface area (Å²) in [5, 5.41) is 7.30. The van der Waals surface area contributed by atoms with E-state index in [4.69, 9.17) is 12.2 Å². The van der Waals surface area contributed by atoms with Crippen molar-refractivity contribution in [2.45, 2.75) is 46.0 Å². The maximum atomic E-state index is 5.37. The van der Waals surface area contributed by atoms with Gasteiger partial charge in [-0.2, -0.15) is 0 Å². The van der Waals surface area contributed by atoms with Gasteiger partial charge in [0.1, 0.15) is 0 Å². The summed E-state index contributed by atoms with van der Waals surface area (Å²) in [5.74, 6) is 0. The molecule has 0 atom stereocenters. The molecule has 1 aliphatic heterocycles. The molecule has 3 nitrogen and oxygen atoms in total. The average molecular weight is 320 g/mol. The van der Waals surface area contributed by atoms with Crippen LogP contribution in [0.25, 0.3) is 0 Å². The third-order valence-electron chi connectivity index (χ3n) is 4.40. The van der Waals surface area contributed by atoms with Crippen LogP contribution in [0.1, 0.15) is 43.2 Å². The number of hydrogen-bond acceptors (Lipinski definition) is 2. The van der Waals surface area contributed by atoms with Gasteiger partial charge in [-0.25, -0.2) is 0 Å². The zero-order valence-corrected chi connectivity index (χ0v) is 14.8. The maximum absolute atomic E-state index is 5.37. The Balaban J connectivity index is 1.63. The minimum absolute atomic E-state index is 0.721. The molecule has 122 valence electrons. The van der Waals surface area contributed by atoms with Crippen LogP contribution in [0.2, 0.25) is 0 Å². The van der Waals surface area contributed by atoms with Crippen LogP contribution in [0.15, 0.2) is 18.2 Å². The first kappa shape index (κ1) is 17.2. The van der Waals surface area contributed by atoms with Crippen LogP contribution in [-0.4, -0.2) is 36.2 Å². The van der Waals surface area contributed by atoms with E-state index in [2.05, 4.69) is 47.6 Å². The maximum Gasteiger partial charge on any atom is 0.170 e. The molecule has 0 aromatic heterocycles. The van der Waals surface area contributed by atoms with Crippen LogP contribution in [0, 0.1) is 13.8 Å². The molecule has 0 radical (unpaired) electrons. The van der Waals surface area contributed by atoms with Crippen LogP contribution >= 0.6 is 12.2 Å². The van der Waals surface area contributed by atoms with E-state index in [9.17, 15) is 0 Å². The van der Waals surface area contributed by atoms with E-state index >= 15 is 0 Å². The molecule has 0 amide bonds. The van der Waals surface area contributed by atoms with Gasteiger partial charge in [-0.3, -0.25) is 0 Å². The number of nitrogens with one attached hydrogen (secondary N) is 2. The second-order valence-electron chi connectivity index (χ2n) is 6.29. The highest BCUT2D eigenvalue weighted by Crippen LogP contribution is 2.14. The van der Waals surface area contributed by atoms with Crippen LogP contribution in [0.4, 0.5) is 5.69 Å². The van der Waals surface area contributed by atoms with Crippen molar-refractivity contribution in [3.63, 3.8) is 0 Å². The minimum atomic E-state index is 0.721. The van der Waals surface area contributed by atoms with E-state index in [0.29, 0.717) is 0 Å². The summed E-state index contributed by atoms with van der Waals surface area (Å²) in [6, 6.07) is 6.34. The van der Waals surface area contributed by atoms with Gasteiger partial charge >= 0.3 is 0 Å². The monoisotopic (exact) mass is 319 g/mol. The summed E-state index contributed by atoms with van der Waals surface area (Å²) in [4.78, 5) is 2.59. The lowest BCUT2D eigenvalue weighted by atomic mass is 10.1. The Kier molecular flexibility index (Phi) is 7.13. The molecule has 1 fully saturated rings. The molecular weight excluding hydrogens is 290 g/mol. The van der Waals surface area contributed by atoms with Crippen molar-refractivity contribution < 1.29 is 0 Å². The van der Waals surface area contributed by atoms with Crippen molar-refractivity contribution in [2.75, 3.05) is 31.5 Å². The fourth-order valence-electron chi connectivity index (χ4n) is 2.86.